The van der Waals surface area contributed by atoms with Crippen molar-refractivity contribution in [1.29, 1.82) is 0 Å². The maximum absolute atomic E-state index is 8.68. The lowest BCUT2D eigenvalue weighted by Gasteiger charge is -2.28. The highest BCUT2D eigenvalue weighted by atomic mass is 16.5. The summed E-state index contributed by atoms with van der Waals surface area (Å²) in [6, 6.07) is 0.514. The fraction of sp³-hybridized carbons (Fsp3) is 0.600. The lowest BCUT2D eigenvalue weighted by molar-refractivity contribution is 0.146. The quantitative estimate of drug-likeness (QED) is 0.492. The fourth-order valence-electron chi connectivity index (χ4n) is 1.88. The third-order valence-corrected chi connectivity index (χ3v) is 3.19. The largest absolute Gasteiger partial charge is 0.494 e. The molecule has 104 valence electrons. The van der Waals surface area contributed by atoms with E-state index in [1.807, 2.05) is 12.3 Å². The first kappa shape index (κ1) is 14.0. The normalized spacial score (nSPS) is 21.2. The Labute approximate surface area is 114 Å². The summed E-state index contributed by atoms with van der Waals surface area (Å²) in [6.07, 6.45) is 7.74. The van der Waals surface area contributed by atoms with E-state index in [1.54, 1.807) is 0 Å². The summed E-state index contributed by atoms with van der Waals surface area (Å²) in [5.74, 6) is 7.19. The maximum atomic E-state index is 8.68. The van der Waals surface area contributed by atoms with Crippen LogP contribution in [0.3, 0.4) is 0 Å². The van der Waals surface area contributed by atoms with Crippen LogP contribution in [-0.2, 0) is 4.74 Å². The lowest BCUT2D eigenvalue weighted by Crippen LogP contribution is -2.46. The molecule has 0 spiro atoms. The molecule has 0 aromatic rings. The average Bonchev–Trinajstić information content (AvgIpc) is 2.37. The minimum atomic E-state index is 0.249. The van der Waals surface area contributed by atoms with Crippen LogP contribution in [0.15, 0.2) is 23.6 Å². The van der Waals surface area contributed by atoms with Gasteiger partial charge in [0.25, 0.3) is 0 Å². The van der Waals surface area contributed by atoms with Gasteiger partial charge in [-0.1, -0.05) is 11.8 Å². The van der Waals surface area contributed by atoms with E-state index >= 15 is 0 Å². The summed E-state index contributed by atoms with van der Waals surface area (Å²) in [4.78, 5) is 0. The molecular weight excluding hydrogens is 240 g/mol. The minimum absolute atomic E-state index is 0.249. The van der Waals surface area contributed by atoms with Gasteiger partial charge in [-0.25, -0.2) is 0 Å². The number of dihydropyridines is 1. The molecule has 0 saturated carbocycles. The summed E-state index contributed by atoms with van der Waals surface area (Å²) >= 11 is 0. The highest BCUT2D eigenvalue weighted by Gasteiger charge is 2.17. The van der Waals surface area contributed by atoms with E-state index in [0.717, 1.165) is 50.3 Å². The van der Waals surface area contributed by atoms with Crippen molar-refractivity contribution in [3.8, 4) is 11.8 Å². The van der Waals surface area contributed by atoms with E-state index in [1.165, 1.54) is 6.42 Å². The average molecular weight is 262 g/mol. The van der Waals surface area contributed by atoms with Gasteiger partial charge in [0, 0.05) is 30.8 Å². The number of aliphatic hydroxyl groups is 1. The smallest absolute Gasteiger partial charge is 0.116 e. The Morgan fingerprint density at radius 3 is 3.05 bits per heavy atom. The van der Waals surface area contributed by atoms with Gasteiger partial charge in [-0.05, 0) is 31.9 Å². The molecule has 4 nitrogen and oxygen atoms in total. The van der Waals surface area contributed by atoms with E-state index in [0.29, 0.717) is 6.04 Å². The van der Waals surface area contributed by atoms with Crippen LogP contribution in [-0.4, -0.2) is 37.5 Å². The second kappa shape index (κ2) is 7.88. The van der Waals surface area contributed by atoms with Crippen molar-refractivity contribution in [3.05, 3.63) is 23.6 Å². The number of unbranched alkanes of at least 4 members (excludes halogenated alkanes) is 2. The van der Waals surface area contributed by atoms with E-state index in [2.05, 4.69) is 22.5 Å². The van der Waals surface area contributed by atoms with Gasteiger partial charge in [0.2, 0.25) is 0 Å². The second-order valence-corrected chi connectivity index (χ2v) is 4.82. The predicted molar refractivity (Wildman–Crippen MR) is 75.2 cm³/mol. The number of rotatable bonds is 6. The number of nitrogens with one attached hydrogen (secondary N) is 2. The Hall–Kier alpha value is -1.44. The molecule has 2 heterocycles. The number of ether oxygens (including phenoxy) is 1. The van der Waals surface area contributed by atoms with Gasteiger partial charge in [-0.3, -0.25) is 0 Å². The second-order valence-electron chi connectivity index (χ2n) is 4.82. The molecular formula is C15H22N2O2. The van der Waals surface area contributed by atoms with Crippen molar-refractivity contribution in [2.75, 3.05) is 26.3 Å². The van der Waals surface area contributed by atoms with Gasteiger partial charge < -0.3 is 20.5 Å². The lowest BCUT2D eigenvalue weighted by atomic mass is 10.1. The zero-order chi connectivity index (χ0) is 13.3. The van der Waals surface area contributed by atoms with Crippen LogP contribution >= 0.6 is 0 Å². The fourth-order valence-corrected chi connectivity index (χ4v) is 1.88. The zero-order valence-corrected chi connectivity index (χ0v) is 11.2. The molecule has 1 saturated heterocycles. The van der Waals surface area contributed by atoms with E-state index in [9.17, 15) is 0 Å². The van der Waals surface area contributed by atoms with Crippen molar-refractivity contribution in [2.24, 2.45) is 0 Å². The molecule has 0 aromatic heterocycles. The van der Waals surface area contributed by atoms with Gasteiger partial charge in [0.05, 0.1) is 6.54 Å². The molecule has 0 bridgehead atoms. The molecule has 19 heavy (non-hydrogen) atoms. The SMILES string of the molecule is OCCCCC#CC1=CNCC(OCC2CCN2)=C1. The summed E-state index contributed by atoms with van der Waals surface area (Å²) in [5, 5.41) is 15.2. The highest BCUT2D eigenvalue weighted by Crippen LogP contribution is 2.10. The van der Waals surface area contributed by atoms with Crippen molar-refractivity contribution in [2.45, 2.75) is 31.7 Å². The van der Waals surface area contributed by atoms with Crippen LogP contribution in [0.5, 0.6) is 0 Å². The zero-order valence-electron chi connectivity index (χ0n) is 11.2. The highest BCUT2D eigenvalue weighted by molar-refractivity contribution is 5.41. The van der Waals surface area contributed by atoms with Gasteiger partial charge >= 0.3 is 0 Å². The Kier molecular flexibility index (Phi) is 5.80. The molecule has 0 radical (unpaired) electrons. The first-order valence-electron chi connectivity index (χ1n) is 6.98. The summed E-state index contributed by atoms with van der Waals surface area (Å²) < 4.78 is 5.76. The van der Waals surface area contributed by atoms with Crippen LogP contribution < -0.4 is 10.6 Å². The number of hydrogen-bond donors (Lipinski definition) is 3. The van der Waals surface area contributed by atoms with Crippen LogP contribution in [0.1, 0.15) is 25.7 Å². The Morgan fingerprint density at radius 2 is 2.32 bits per heavy atom. The van der Waals surface area contributed by atoms with Crippen molar-refractivity contribution >= 4 is 0 Å². The van der Waals surface area contributed by atoms with Crippen molar-refractivity contribution < 1.29 is 9.84 Å². The Morgan fingerprint density at radius 1 is 1.42 bits per heavy atom. The molecule has 1 fully saturated rings. The number of hydrogen-bond acceptors (Lipinski definition) is 4. The maximum Gasteiger partial charge on any atom is 0.116 e. The molecule has 0 aliphatic carbocycles. The molecule has 0 amide bonds. The summed E-state index contributed by atoms with van der Waals surface area (Å²) in [5.41, 5.74) is 0.965. The first-order valence-corrected chi connectivity index (χ1v) is 6.98. The van der Waals surface area contributed by atoms with E-state index in [4.69, 9.17) is 9.84 Å². The van der Waals surface area contributed by atoms with Gasteiger partial charge in [0.1, 0.15) is 12.4 Å². The minimum Gasteiger partial charge on any atom is -0.494 e. The molecule has 0 aromatic carbocycles. The standard InChI is InChI=1S/C15H22N2O2/c18-8-4-2-1-3-5-13-9-15(11-16-10-13)19-12-14-6-7-17-14/h9-10,14,16-18H,1-2,4,6-8,11-12H2. The summed E-state index contributed by atoms with van der Waals surface area (Å²) in [6.45, 7) is 2.84. The monoisotopic (exact) mass is 262 g/mol. The molecule has 2 aliphatic rings. The topological polar surface area (TPSA) is 53.5 Å². The molecule has 1 atom stereocenters. The predicted octanol–water partition coefficient (Wildman–Crippen LogP) is 0.902. The molecule has 1 unspecified atom stereocenters. The number of allylic oxidation sites excluding steroid dienone is 2. The van der Waals surface area contributed by atoms with Crippen LogP contribution in [0.4, 0.5) is 0 Å². The van der Waals surface area contributed by atoms with Crippen LogP contribution in [0, 0.1) is 11.8 Å². The van der Waals surface area contributed by atoms with Gasteiger partial charge in [0.15, 0.2) is 0 Å². The van der Waals surface area contributed by atoms with Gasteiger partial charge in [-0.15, -0.1) is 0 Å². The number of aliphatic hydroxyl groups excluding tert-OH is 1. The molecule has 2 aliphatic heterocycles. The summed E-state index contributed by atoms with van der Waals surface area (Å²) in [7, 11) is 0. The molecule has 2 rings (SSSR count). The Balaban J connectivity index is 1.73. The molecule has 4 heteroatoms. The van der Waals surface area contributed by atoms with Crippen LogP contribution in [0.2, 0.25) is 0 Å². The molecule has 3 N–H and O–H groups in total. The van der Waals surface area contributed by atoms with Crippen LogP contribution in [0.25, 0.3) is 0 Å². The van der Waals surface area contributed by atoms with Crippen molar-refractivity contribution in [3.63, 3.8) is 0 Å². The Bertz CT molecular complexity index is 400. The van der Waals surface area contributed by atoms with Gasteiger partial charge in [-0.2, -0.15) is 0 Å². The third kappa shape index (κ3) is 4.98. The van der Waals surface area contributed by atoms with E-state index < -0.39 is 0 Å². The third-order valence-electron chi connectivity index (χ3n) is 3.19. The van der Waals surface area contributed by atoms with Crippen molar-refractivity contribution in [1.82, 2.24) is 10.6 Å². The first-order chi connectivity index (χ1) is 9.38. The van der Waals surface area contributed by atoms with E-state index in [-0.39, 0.29) is 6.61 Å².